The van der Waals surface area contributed by atoms with Gasteiger partial charge in [0.2, 0.25) is 13.6 Å². The summed E-state index contributed by atoms with van der Waals surface area (Å²) in [6.07, 6.45) is -2.18. The van der Waals surface area contributed by atoms with E-state index in [4.69, 9.17) is 18.9 Å². The van der Waals surface area contributed by atoms with Crippen molar-refractivity contribution in [2.75, 3.05) is 13.6 Å². The molecule has 0 spiro atoms. The Morgan fingerprint density at radius 3 is 1.50 bits per heavy atom. The van der Waals surface area contributed by atoms with Gasteiger partial charge in [0, 0.05) is 0 Å². The first-order chi connectivity index (χ1) is 10.7. The third-order valence-corrected chi connectivity index (χ3v) is 3.78. The molecule has 0 saturated heterocycles. The maximum atomic E-state index is 10.4. The van der Waals surface area contributed by atoms with Gasteiger partial charge in [0.1, 0.15) is 12.2 Å². The lowest BCUT2D eigenvalue weighted by Gasteiger charge is -2.19. The highest BCUT2D eigenvalue weighted by molar-refractivity contribution is 5.47. The number of fused-ring (bicyclic) bond motifs is 2. The van der Waals surface area contributed by atoms with Crippen LogP contribution in [0.1, 0.15) is 23.3 Å². The highest BCUT2D eigenvalue weighted by Crippen LogP contribution is 2.39. The SMILES string of the molecule is O[C@H](c1ccc2c(c1)OCO2)[C@@H](O)c1ccc2c(c1)OCO2. The Morgan fingerprint density at radius 1 is 0.636 bits per heavy atom. The zero-order valence-electron chi connectivity index (χ0n) is 11.6. The third kappa shape index (κ3) is 2.13. The summed E-state index contributed by atoms with van der Waals surface area (Å²) in [5, 5.41) is 20.8. The minimum Gasteiger partial charge on any atom is -0.454 e. The normalized spacial score (nSPS) is 17.4. The second-order valence-electron chi connectivity index (χ2n) is 5.12. The van der Waals surface area contributed by atoms with Crippen LogP contribution in [0.15, 0.2) is 36.4 Å². The van der Waals surface area contributed by atoms with Gasteiger partial charge in [-0.3, -0.25) is 0 Å². The molecule has 114 valence electrons. The summed E-state index contributed by atoms with van der Waals surface area (Å²) in [4.78, 5) is 0. The van der Waals surface area contributed by atoms with Crippen LogP contribution < -0.4 is 18.9 Å². The second-order valence-corrected chi connectivity index (χ2v) is 5.12. The first-order valence-electron chi connectivity index (χ1n) is 6.87. The van der Waals surface area contributed by atoms with Crippen molar-refractivity contribution in [2.24, 2.45) is 0 Å². The quantitative estimate of drug-likeness (QED) is 0.902. The molecule has 2 aliphatic rings. The highest BCUT2D eigenvalue weighted by Gasteiger charge is 2.25. The van der Waals surface area contributed by atoms with E-state index in [-0.39, 0.29) is 13.6 Å². The van der Waals surface area contributed by atoms with Crippen LogP contribution in [-0.2, 0) is 0 Å². The van der Waals surface area contributed by atoms with Gasteiger partial charge >= 0.3 is 0 Å². The van der Waals surface area contributed by atoms with Crippen molar-refractivity contribution in [3.8, 4) is 23.0 Å². The van der Waals surface area contributed by atoms with E-state index in [1.165, 1.54) is 0 Å². The minimum absolute atomic E-state index is 0.166. The van der Waals surface area contributed by atoms with Crippen LogP contribution in [0, 0.1) is 0 Å². The van der Waals surface area contributed by atoms with Crippen molar-refractivity contribution in [3.63, 3.8) is 0 Å². The predicted octanol–water partition coefficient (Wildman–Crippen LogP) is 1.91. The van der Waals surface area contributed by atoms with E-state index in [0.29, 0.717) is 34.1 Å². The number of ether oxygens (including phenoxy) is 4. The fraction of sp³-hybridized carbons (Fsp3) is 0.250. The molecule has 0 saturated carbocycles. The molecule has 0 fully saturated rings. The summed E-state index contributed by atoms with van der Waals surface area (Å²) in [5.74, 6) is 2.39. The molecule has 0 aliphatic carbocycles. The molecule has 0 amide bonds. The molecule has 2 N–H and O–H groups in total. The van der Waals surface area contributed by atoms with Gasteiger partial charge in [0.05, 0.1) is 0 Å². The summed E-state index contributed by atoms with van der Waals surface area (Å²) >= 11 is 0. The molecule has 2 aliphatic heterocycles. The number of aliphatic hydroxyl groups excluding tert-OH is 2. The first-order valence-corrected chi connectivity index (χ1v) is 6.87. The number of benzene rings is 2. The van der Waals surface area contributed by atoms with Gasteiger partial charge < -0.3 is 29.2 Å². The van der Waals surface area contributed by atoms with E-state index in [1.54, 1.807) is 36.4 Å². The molecule has 2 heterocycles. The Balaban J connectivity index is 1.60. The molecule has 6 nitrogen and oxygen atoms in total. The fourth-order valence-corrected chi connectivity index (χ4v) is 2.56. The number of hydrogen-bond donors (Lipinski definition) is 2. The Hall–Kier alpha value is -2.44. The van der Waals surface area contributed by atoms with Crippen LogP contribution in [0.4, 0.5) is 0 Å². The van der Waals surface area contributed by atoms with Crippen LogP contribution in [0.5, 0.6) is 23.0 Å². The molecule has 0 unspecified atom stereocenters. The first kappa shape index (κ1) is 13.2. The molecule has 0 aromatic heterocycles. The molecule has 2 aromatic carbocycles. The molecule has 0 bridgehead atoms. The van der Waals surface area contributed by atoms with Gasteiger partial charge in [-0.25, -0.2) is 0 Å². The van der Waals surface area contributed by atoms with Gasteiger partial charge in [-0.1, -0.05) is 12.1 Å². The molecular weight excluding hydrogens is 288 g/mol. The van der Waals surface area contributed by atoms with Crippen LogP contribution >= 0.6 is 0 Å². The van der Waals surface area contributed by atoms with E-state index < -0.39 is 12.2 Å². The van der Waals surface area contributed by atoms with Crippen LogP contribution in [0.3, 0.4) is 0 Å². The van der Waals surface area contributed by atoms with Gasteiger partial charge in [-0.05, 0) is 35.4 Å². The third-order valence-electron chi connectivity index (χ3n) is 3.78. The average Bonchev–Trinajstić information content (AvgIpc) is 3.20. The lowest BCUT2D eigenvalue weighted by Crippen LogP contribution is -2.10. The monoisotopic (exact) mass is 302 g/mol. The lowest BCUT2D eigenvalue weighted by molar-refractivity contribution is 0.0170. The van der Waals surface area contributed by atoms with E-state index in [2.05, 4.69) is 0 Å². The molecule has 4 rings (SSSR count). The van der Waals surface area contributed by atoms with E-state index in [0.717, 1.165) is 0 Å². The predicted molar refractivity (Wildman–Crippen MR) is 75.0 cm³/mol. The number of aliphatic hydroxyl groups is 2. The summed E-state index contributed by atoms with van der Waals surface area (Å²) in [5.41, 5.74) is 1.10. The minimum atomic E-state index is -1.09. The summed E-state index contributed by atoms with van der Waals surface area (Å²) in [6, 6.07) is 10.2. The topological polar surface area (TPSA) is 77.4 Å². The van der Waals surface area contributed by atoms with Crippen molar-refractivity contribution in [3.05, 3.63) is 47.5 Å². The van der Waals surface area contributed by atoms with E-state index >= 15 is 0 Å². The zero-order chi connectivity index (χ0) is 15.1. The van der Waals surface area contributed by atoms with Crippen LogP contribution in [0.25, 0.3) is 0 Å². The van der Waals surface area contributed by atoms with Gasteiger partial charge in [0.25, 0.3) is 0 Å². The van der Waals surface area contributed by atoms with Crippen molar-refractivity contribution < 1.29 is 29.2 Å². The Bertz CT molecular complexity index is 652. The molecular formula is C16H14O6. The van der Waals surface area contributed by atoms with Crippen molar-refractivity contribution in [2.45, 2.75) is 12.2 Å². The molecule has 2 aromatic rings. The lowest BCUT2D eigenvalue weighted by atomic mass is 9.97. The van der Waals surface area contributed by atoms with Crippen molar-refractivity contribution >= 4 is 0 Å². The largest absolute Gasteiger partial charge is 0.454 e. The number of hydrogen-bond acceptors (Lipinski definition) is 6. The van der Waals surface area contributed by atoms with Gasteiger partial charge in [0.15, 0.2) is 23.0 Å². The van der Waals surface area contributed by atoms with Crippen LogP contribution in [0.2, 0.25) is 0 Å². The second kappa shape index (κ2) is 5.08. The van der Waals surface area contributed by atoms with Crippen LogP contribution in [-0.4, -0.2) is 23.8 Å². The maximum absolute atomic E-state index is 10.4. The zero-order valence-corrected chi connectivity index (χ0v) is 11.6. The summed E-state index contributed by atoms with van der Waals surface area (Å²) < 4.78 is 21.0. The highest BCUT2D eigenvalue weighted by atomic mass is 16.7. The molecule has 22 heavy (non-hydrogen) atoms. The number of rotatable bonds is 3. The summed E-state index contributed by atoms with van der Waals surface area (Å²) in [7, 11) is 0. The molecule has 6 heteroatoms. The van der Waals surface area contributed by atoms with E-state index in [1.807, 2.05) is 0 Å². The fourth-order valence-electron chi connectivity index (χ4n) is 2.56. The smallest absolute Gasteiger partial charge is 0.231 e. The Labute approximate surface area is 126 Å². The average molecular weight is 302 g/mol. The summed E-state index contributed by atoms with van der Waals surface area (Å²) in [6.45, 7) is 0.333. The van der Waals surface area contributed by atoms with Crippen molar-refractivity contribution in [1.29, 1.82) is 0 Å². The van der Waals surface area contributed by atoms with Gasteiger partial charge in [-0.15, -0.1) is 0 Å². The Kier molecular flexibility index (Phi) is 3.06. The van der Waals surface area contributed by atoms with E-state index in [9.17, 15) is 10.2 Å². The molecule has 0 radical (unpaired) electrons. The maximum Gasteiger partial charge on any atom is 0.231 e. The molecule has 2 atom stereocenters. The van der Waals surface area contributed by atoms with Gasteiger partial charge in [-0.2, -0.15) is 0 Å². The standard InChI is InChI=1S/C16H14O6/c17-15(9-1-3-11-13(5-9)21-7-19-11)16(18)10-2-4-12-14(6-10)22-8-20-12/h1-6,15-18H,7-8H2/t15-,16+. The Morgan fingerprint density at radius 2 is 1.05 bits per heavy atom. The van der Waals surface area contributed by atoms with Crippen molar-refractivity contribution in [1.82, 2.24) is 0 Å².